The zero-order valence-electron chi connectivity index (χ0n) is 10.2. The van der Waals surface area contributed by atoms with Crippen molar-refractivity contribution in [3.05, 3.63) is 35.4 Å². The van der Waals surface area contributed by atoms with Crippen LogP contribution in [0.15, 0.2) is 24.3 Å². The molecule has 1 aromatic rings. The van der Waals surface area contributed by atoms with Crippen molar-refractivity contribution in [1.82, 2.24) is 0 Å². The zero-order chi connectivity index (χ0) is 13.4. The second kappa shape index (κ2) is 7.45. The lowest BCUT2D eigenvalue weighted by Crippen LogP contribution is -2.18. The van der Waals surface area contributed by atoms with Crippen LogP contribution in [-0.2, 0) is 9.62 Å². The van der Waals surface area contributed by atoms with E-state index < -0.39 is 11.9 Å². The molecule has 0 saturated heterocycles. The maximum Gasteiger partial charge on any atom is 0.339 e. The third kappa shape index (κ3) is 3.85. The van der Waals surface area contributed by atoms with E-state index in [0.29, 0.717) is 6.61 Å². The van der Waals surface area contributed by atoms with Crippen molar-refractivity contribution in [3.8, 4) is 0 Å². The molecular weight excluding hydrogens is 236 g/mol. The molecule has 0 spiro atoms. The lowest BCUT2D eigenvalue weighted by molar-refractivity contribution is -0.653. The first-order valence-corrected chi connectivity index (χ1v) is 5.81. The van der Waals surface area contributed by atoms with E-state index in [1.165, 1.54) is 12.1 Å². The predicted octanol–water partition coefficient (Wildman–Crippen LogP) is 1.47. The minimum absolute atomic E-state index is 0.0508. The standard InChI is InChI=1S/C13H16O5/c1-2-3-6-9-17-12(14)10-7-4-5-8-11(10)13(15)18-16/h4-5,7-8,16H,2-3,6,9H2,1H3/p-1. The third-order valence-electron chi connectivity index (χ3n) is 2.42. The molecule has 0 aliphatic rings. The van der Waals surface area contributed by atoms with Gasteiger partial charge in [-0.25, -0.2) is 9.59 Å². The number of rotatable bonds is 6. The van der Waals surface area contributed by atoms with E-state index in [2.05, 4.69) is 4.89 Å². The summed E-state index contributed by atoms with van der Waals surface area (Å²) >= 11 is 0. The van der Waals surface area contributed by atoms with Crippen LogP contribution in [0.25, 0.3) is 0 Å². The highest BCUT2D eigenvalue weighted by molar-refractivity contribution is 6.02. The van der Waals surface area contributed by atoms with Gasteiger partial charge in [0.05, 0.1) is 17.7 Å². The summed E-state index contributed by atoms with van der Waals surface area (Å²) in [5.74, 6) is -1.71. The number of ether oxygens (including phenoxy) is 1. The quantitative estimate of drug-likeness (QED) is 0.331. The van der Waals surface area contributed by atoms with Crippen molar-refractivity contribution in [1.29, 1.82) is 0 Å². The first kappa shape index (κ1) is 14.2. The number of carbonyl (C=O) groups is 2. The number of benzene rings is 1. The van der Waals surface area contributed by atoms with Gasteiger partial charge in [0, 0.05) is 0 Å². The molecule has 5 heteroatoms. The van der Waals surface area contributed by atoms with Gasteiger partial charge < -0.3 is 14.9 Å². The summed E-state index contributed by atoms with van der Waals surface area (Å²) in [6.07, 6.45) is 2.77. The second-order valence-corrected chi connectivity index (χ2v) is 3.76. The van der Waals surface area contributed by atoms with Gasteiger partial charge in [0.25, 0.3) is 0 Å². The van der Waals surface area contributed by atoms with Crippen molar-refractivity contribution in [2.45, 2.75) is 26.2 Å². The second-order valence-electron chi connectivity index (χ2n) is 3.76. The van der Waals surface area contributed by atoms with Crippen LogP contribution in [0.1, 0.15) is 46.9 Å². The summed E-state index contributed by atoms with van der Waals surface area (Å²) in [7, 11) is 0. The zero-order valence-corrected chi connectivity index (χ0v) is 10.2. The largest absolute Gasteiger partial charge is 0.661 e. The predicted molar refractivity (Wildman–Crippen MR) is 61.7 cm³/mol. The Labute approximate surface area is 105 Å². The van der Waals surface area contributed by atoms with Gasteiger partial charge in [-0.05, 0) is 18.6 Å². The van der Waals surface area contributed by atoms with Crippen LogP contribution in [0.3, 0.4) is 0 Å². The smallest absolute Gasteiger partial charge is 0.339 e. The van der Waals surface area contributed by atoms with Gasteiger partial charge >= 0.3 is 11.9 Å². The fourth-order valence-corrected chi connectivity index (χ4v) is 1.48. The van der Waals surface area contributed by atoms with Crippen LogP contribution in [0.2, 0.25) is 0 Å². The molecule has 0 saturated carbocycles. The minimum atomic E-state index is -1.09. The Morgan fingerprint density at radius 1 is 1.11 bits per heavy atom. The van der Waals surface area contributed by atoms with E-state index in [9.17, 15) is 14.8 Å². The number of carbonyl (C=O) groups excluding carboxylic acids is 2. The Kier molecular flexibility index (Phi) is 5.87. The summed E-state index contributed by atoms with van der Waals surface area (Å²) in [6.45, 7) is 2.34. The van der Waals surface area contributed by atoms with Crippen molar-refractivity contribution >= 4 is 11.9 Å². The summed E-state index contributed by atoms with van der Waals surface area (Å²) < 4.78 is 5.02. The fraction of sp³-hybridized carbons (Fsp3) is 0.385. The minimum Gasteiger partial charge on any atom is -0.661 e. The molecule has 1 aromatic carbocycles. The normalized spacial score (nSPS) is 9.89. The highest BCUT2D eigenvalue weighted by Crippen LogP contribution is 2.11. The molecule has 0 fully saturated rings. The van der Waals surface area contributed by atoms with Gasteiger partial charge in [-0.1, -0.05) is 31.9 Å². The molecule has 1 rings (SSSR count). The molecule has 0 heterocycles. The summed E-state index contributed by atoms with van der Waals surface area (Å²) in [6, 6.07) is 5.90. The van der Waals surface area contributed by atoms with E-state index >= 15 is 0 Å². The van der Waals surface area contributed by atoms with Crippen molar-refractivity contribution < 1.29 is 24.5 Å². The average Bonchev–Trinajstić information content (AvgIpc) is 2.42. The number of unbranched alkanes of at least 4 members (excludes halogenated alkanes) is 2. The molecule has 18 heavy (non-hydrogen) atoms. The molecule has 0 amide bonds. The van der Waals surface area contributed by atoms with Gasteiger partial charge in [0.15, 0.2) is 0 Å². The van der Waals surface area contributed by atoms with E-state index in [4.69, 9.17) is 4.74 Å². The number of esters is 1. The Bertz CT molecular complexity index is 414. The Morgan fingerprint density at radius 3 is 2.28 bits per heavy atom. The molecule has 0 bridgehead atoms. The van der Waals surface area contributed by atoms with Crippen LogP contribution < -0.4 is 5.26 Å². The lowest BCUT2D eigenvalue weighted by atomic mass is 10.1. The third-order valence-corrected chi connectivity index (χ3v) is 2.42. The van der Waals surface area contributed by atoms with Crippen LogP contribution in [-0.4, -0.2) is 18.5 Å². The van der Waals surface area contributed by atoms with Crippen molar-refractivity contribution in [2.75, 3.05) is 6.61 Å². The molecule has 98 valence electrons. The maximum absolute atomic E-state index is 11.7. The summed E-state index contributed by atoms with van der Waals surface area (Å²) in [5, 5.41) is 10.1. The Hall–Kier alpha value is -1.88. The van der Waals surface area contributed by atoms with E-state index in [0.717, 1.165) is 19.3 Å². The summed E-state index contributed by atoms with van der Waals surface area (Å²) in [5.41, 5.74) is -0.0251. The van der Waals surface area contributed by atoms with E-state index in [1.807, 2.05) is 6.92 Å². The van der Waals surface area contributed by atoms with Crippen LogP contribution in [0.5, 0.6) is 0 Å². The fourth-order valence-electron chi connectivity index (χ4n) is 1.48. The molecule has 5 nitrogen and oxygen atoms in total. The molecule has 0 aliphatic carbocycles. The van der Waals surface area contributed by atoms with Gasteiger partial charge in [-0.15, -0.1) is 0 Å². The Morgan fingerprint density at radius 2 is 1.72 bits per heavy atom. The highest BCUT2D eigenvalue weighted by Gasteiger charge is 2.17. The molecule has 0 unspecified atom stereocenters. The Balaban J connectivity index is 2.70. The van der Waals surface area contributed by atoms with Gasteiger partial charge in [-0.3, -0.25) is 0 Å². The summed E-state index contributed by atoms with van der Waals surface area (Å²) in [4.78, 5) is 26.3. The molecule has 0 aliphatic heterocycles. The monoisotopic (exact) mass is 251 g/mol. The van der Waals surface area contributed by atoms with Gasteiger partial charge in [-0.2, -0.15) is 0 Å². The topological polar surface area (TPSA) is 75.7 Å². The first-order chi connectivity index (χ1) is 8.70. The van der Waals surface area contributed by atoms with Crippen LogP contribution in [0, 0.1) is 0 Å². The van der Waals surface area contributed by atoms with Crippen molar-refractivity contribution in [3.63, 3.8) is 0 Å². The highest BCUT2D eigenvalue weighted by atomic mass is 17.1. The van der Waals surface area contributed by atoms with E-state index in [1.54, 1.807) is 12.1 Å². The van der Waals surface area contributed by atoms with Gasteiger partial charge in [0.2, 0.25) is 0 Å². The molecule has 0 aromatic heterocycles. The first-order valence-electron chi connectivity index (χ1n) is 5.81. The molecular formula is C13H15O5-. The van der Waals surface area contributed by atoms with Gasteiger partial charge in [0.1, 0.15) is 0 Å². The number of hydrogen-bond acceptors (Lipinski definition) is 5. The molecule has 0 atom stereocenters. The average molecular weight is 251 g/mol. The van der Waals surface area contributed by atoms with Crippen LogP contribution >= 0.6 is 0 Å². The van der Waals surface area contributed by atoms with Crippen LogP contribution in [0.4, 0.5) is 0 Å². The van der Waals surface area contributed by atoms with Crippen molar-refractivity contribution in [2.24, 2.45) is 0 Å². The number of hydrogen-bond donors (Lipinski definition) is 0. The molecule has 0 N–H and O–H groups in total. The SMILES string of the molecule is CCCCCOC(=O)c1ccccc1C(=O)O[O-]. The van der Waals surface area contributed by atoms with E-state index in [-0.39, 0.29) is 11.1 Å². The molecule has 0 radical (unpaired) electrons. The lowest BCUT2D eigenvalue weighted by Gasteiger charge is -2.10. The maximum atomic E-state index is 11.7.